The van der Waals surface area contributed by atoms with E-state index in [2.05, 4.69) is 20.8 Å². The fourth-order valence-electron chi connectivity index (χ4n) is 9.03. The lowest BCUT2D eigenvalue weighted by molar-refractivity contribution is -0.199. The van der Waals surface area contributed by atoms with E-state index in [9.17, 15) is 14.4 Å². The zero-order chi connectivity index (χ0) is 36.4. The normalized spacial score (nSPS) is 29.1. The van der Waals surface area contributed by atoms with Crippen LogP contribution in [0.3, 0.4) is 0 Å². The first-order chi connectivity index (χ1) is 23.2. The Labute approximate surface area is 299 Å². The molecule has 6 aliphatic rings. The van der Waals surface area contributed by atoms with Crippen molar-refractivity contribution in [2.24, 2.45) is 23.2 Å². The van der Waals surface area contributed by atoms with Crippen LogP contribution in [0.1, 0.15) is 116 Å². The largest absolute Gasteiger partial charge is 0.486 e. The summed E-state index contributed by atoms with van der Waals surface area (Å²) in [6, 6.07) is 3.90. The van der Waals surface area contributed by atoms with Crippen LogP contribution in [0.25, 0.3) is 0 Å². The van der Waals surface area contributed by atoms with Gasteiger partial charge in [-0.1, -0.05) is 19.9 Å². The topological polar surface area (TPSA) is 104 Å². The number of nitrogens with zero attached hydrogens (tertiary/aromatic N) is 2. The van der Waals surface area contributed by atoms with Crippen LogP contribution >= 0.6 is 0 Å². The van der Waals surface area contributed by atoms with Gasteiger partial charge in [-0.3, -0.25) is 4.79 Å². The zero-order valence-corrected chi connectivity index (χ0v) is 32.1. The standard InChI is InChI=1S/C39H59BN2O8/c1-24-26(15-16-40-49-31-20-27-19-30(38(27,8)9)39(31,10)50-40)13-14-29(33(24)34(44)47-36(2,3)4)46-28-22-42(23-28)32(43)18-25-12-11-17-41(21-25)35(45)48-37(5,6)7/h13-14,25,27-28,30-31H,11-12,15-23H2,1-10H3/t25?,27-,30-,31+,39-/m0/s1. The maximum atomic E-state index is 13.6. The minimum Gasteiger partial charge on any atom is -0.486 e. The molecule has 5 atom stereocenters. The highest BCUT2D eigenvalue weighted by molar-refractivity contribution is 6.45. The molecule has 11 heteroatoms. The van der Waals surface area contributed by atoms with E-state index in [1.807, 2.05) is 60.6 Å². The molecule has 3 aliphatic heterocycles. The average molecular weight is 695 g/mol. The smallest absolute Gasteiger partial charge is 0.457 e. The van der Waals surface area contributed by atoms with Gasteiger partial charge in [-0.15, -0.1) is 0 Å². The van der Waals surface area contributed by atoms with Crippen LogP contribution in [-0.2, 0) is 30.0 Å². The van der Waals surface area contributed by atoms with E-state index < -0.39 is 17.2 Å². The molecule has 7 rings (SSSR count). The molecule has 3 saturated heterocycles. The van der Waals surface area contributed by atoms with E-state index in [0.29, 0.717) is 73.9 Å². The first-order valence-electron chi connectivity index (χ1n) is 18.8. The molecule has 3 saturated carbocycles. The molecule has 0 aromatic heterocycles. The lowest BCUT2D eigenvalue weighted by Crippen LogP contribution is -2.65. The van der Waals surface area contributed by atoms with Gasteiger partial charge >= 0.3 is 19.2 Å². The molecule has 3 heterocycles. The number of amides is 2. The maximum absolute atomic E-state index is 13.6. The molecule has 0 N–H and O–H groups in total. The van der Waals surface area contributed by atoms with Gasteiger partial charge in [-0.25, -0.2) is 9.59 Å². The van der Waals surface area contributed by atoms with E-state index >= 15 is 0 Å². The Hall–Kier alpha value is -2.79. The van der Waals surface area contributed by atoms with Crippen molar-refractivity contribution < 1.29 is 37.9 Å². The highest BCUT2D eigenvalue weighted by Crippen LogP contribution is 2.65. The number of hydrogen-bond acceptors (Lipinski definition) is 8. The van der Waals surface area contributed by atoms with Gasteiger partial charge in [0.2, 0.25) is 5.91 Å². The number of esters is 1. The van der Waals surface area contributed by atoms with E-state index in [4.69, 9.17) is 23.5 Å². The molecule has 6 fully saturated rings. The molecule has 3 aliphatic carbocycles. The SMILES string of the molecule is Cc1c(CCB2O[C@@H]3C[C@@H]4C[C@@H](C4(C)C)[C@]3(C)O2)ccc(OC2CN(C(=O)CC3CCCN(C(=O)OC(C)(C)C)C3)C2)c1C(=O)OC(C)(C)C. The molecule has 276 valence electrons. The predicted molar refractivity (Wildman–Crippen MR) is 191 cm³/mol. The summed E-state index contributed by atoms with van der Waals surface area (Å²) >= 11 is 0. The van der Waals surface area contributed by atoms with Crippen LogP contribution < -0.4 is 4.74 Å². The second kappa shape index (κ2) is 13.3. The third-order valence-corrected chi connectivity index (χ3v) is 11.9. The number of benzene rings is 1. The molecule has 0 spiro atoms. The summed E-state index contributed by atoms with van der Waals surface area (Å²) < 4.78 is 30.9. The number of likely N-dealkylation sites (tertiary alicyclic amines) is 2. The van der Waals surface area contributed by atoms with Gasteiger partial charge in [0.05, 0.1) is 24.8 Å². The highest BCUT2D eigenvalue weighted by Gasteiger charge is 2.67. The minimum absolute atomic E-state index is 0.0607. The van der Waals surface area contributed by atoms with Crippen molar-refractivity contribution in [3.8, 4) is 5.75 Å². The fourth-order valence-corrected chi connectivity index (χ4v) is 9.03. The van der Waals surface area contributed by atoms with Crippen LogP contribution in [0.4, 0.5) is 4.79 Å². The summed E-state index contributed by atoms with van der Waals surface area (Å²) in [4.78, 5) is 42.9. The Bertz CT molecular complexity index is 1480. The quantitative estimate of drug-likeness (QED) is 0.215. The number of hydrogen-bond donors (Lipinski definition) is 0. The van der Waals surface area contributed by atoms with Crippen molar-refractivity contribution >= 4 is 25.1 Å². The van der Waals surface area contributed by atoms with Crippen molar-refractivity contribution in [2.75, 3.05) is 26.2 Å². The second-order valence-electron chi connectivity index (χ2n) is 18.3. The zero-order valence-electron chi connectivity index (χ0n) is 32.1. The lowest BCUT2D eigenvalue weighted by Gasteiger charge is -2.64. The minimum atomic E-state index is -0.666. The van der Waals surface area contributed by atoms with Gasteiger partial charge in [-0.2, -0.15) is 0 Å². The van der Waals surface area contributed by atoms with Crippen molar-refractivity contribution in [3.63, 3.8) is 0 Å². The van der Waals surface area contributed by atoms with E-state index in [1.54, 1.807) is 9.80 Å². The summed E-state index contributed by atoms with van der Waals surface area (Å²) in [5.41, 5.74) is 1.14. The number of rotatable bonds is 8. The summed E-state index contributed by atoms with van der Waals surface area (Å²) in [7, 11) is -0.270. The Kier molecular flexibility index (Phi) is 9.85. The predicted octanol–water partition coefficient (Wildman–Crippen LogP) is 6.85. The molecule has 2 amide bonds. The third-order valence-electron chi connectivity index (χ3n) is 11.9. The van der Waals surface area contributed by atoms with Gasteiger partial charge in [0.25, 0.3) is 0 Å². The van der Waals surface area contributed by atoms with Gasteiger partial charge in [0.15, 0.2) is 0 Å². The Balaban J connectivity index is 1.06. The van der Waals surface area contributed by atoms with Gasteiger partial charge < -0.3 is 33.3 Å². The molecule has 50 heavy (non-hydrogen) atoms. The van der Waals surface area contributed by atoms with Crippen LogP contribution in [0.5, 0.6) is 5.75 Å². The number of piperidine rings is 1. The monoisotopic (exact) mass is 694 g/mol. The van der Waals surface area contributed by atoms with E-state index in [-0.39, 0.29) is 42.8 Å². The number of ether oxygens (including phenoxy) is 3. The molecule has 1 aromatic carbocycles. The van der Waals surface area contributed by atoms with Crippen LogP contribution in [0.2, 0.25) is 6.32 Å². The number of carbonyl (C=O) groups excluding carboxylic acids is 3. The molecular weight excluding hydrogens is 635 g/mol. The van der Waals surface area contributed by atoms with E-state index in [1.165, 1.54) is 6.42 Å². The van der Waals surface area contributed by atoms with Crippen molar-refractivity contribution in [3.05, 3.63) is 28.8 Å². The molecular formula is C39H59BN2O8. The summed E-state index contributed by atoms with van der Waals surface area (Å²) in [6.45, 7) is 22.2. The maximum Gasteiger partial charge on any atom is 0.457 e. The van der Waals surface area contributed by atoms with Crippen molar-refractivity contribution in [2.45, 2.75) is 143 Å². The summed E-state index contributed by atoms with van der Waals surface area (Å²) in [6.07, 6.45) is 5.42. The van der Waals surface area contributed by atoms with Gasteiger partial charge in [0.1, 0.15) is 28.6 Å². The summed E-state index contributed by atoms with van der Waals surface area (Å²) in [5.74, 6) is 1.44. The third kappa shape index (κ3) is 7.55. The second-order valence-corrected chi connectivity index (χ2v) is 18.3. The molecule has 0 radical (unpaired) electrons. The average Bonchev–Trinajstić information content (AvgIpc) is 3.32. The van der Waals surface area contributed by atoms with Crippen molar-refractivity contribution in [1.29, 1.82) is 0 Å². The Morgan fingerprint density at radius 2 is 1.66 bits per heavy atom. The van der Waals surface area contributed by atoms with Crippen molar-refractivity contribution in [1.82, 2.24) is 9.80 Å². The van der Waals surface area contributed by atoms with Crippen LogP contribution in [0, 0.1) is 30.1 Å². The van der Waals surface area contributed by atoms with Crippen LogP contribution in [-0.4, -0.2) is 90.1 Å². The molecule has 2 bridgehead atoms. The lowest BCUT2D eigenvalue weighted by atomic mass is 9.43. The fraction of sp³-hybridized carbons (Fsp3) is 0.769. The number of aryl methyl sites for hydroxylation is 1. The van der Waals surface area contributed by atoms with Gasteiger partial charge in [-0.05, 0) is 134 Å². The highest BCUT2D eigenvalue weighted by atomic mass is 16.7. The first-order valence-corrected chi connectivity index (χ1v) is 18.8. The summed E-state index contributed by atoms with van der Waals surface area (Å²) in [5, 5.41) is 0. The van der Waals surface area contributed by atoms with E-state index in [0.717, 1.165) is 30.4 Å². The Morgan fingerprint density at radius 3 is 2.32 bits per heavy atom. The molecule has 1 aromatic rings. The Morgan fingerprint density at radius 1 is 0.960 bits per heavy atom. The molecule has 1 unspecified atom stereocenters. The van der Waals surface area contributed by atoms with Gasteiger partial charge in [0, 0.05) is 19.5 Å². The van der Waals surface area contributed by atoms with Crippen LogP contribution in [0.15, 0.2) is 12.1 Å². The first kappa shape index (κ1) is 37.0. The number of carbonyl (C=O) groups is 3. The molecule has 10 nitrogen and oxygen atoms in total.